The molecule has 1 aromatic carbocycles. The lowest BCUT2D eigenvalue weighted by Gasteiger charge is -2.40. The Bertz CT molecular complexity index is 713. The lowest BCUT2D eigenvalue weighted by molar-refractivity contribution is -0.0265. The highest BCUT2D eigenvalue weighted by Crippen LogP contribution is 2.45. The molecule has 1 aliphatic heterocycles. The van der Waals surface area contributed by atoms with Gasteiger partial charge in [0.25, 0.3) is 0 Å². The van der Waals surface area contributed by atoms with Gasteiger partial charge in [-0.05, 0) is 38.3 Å². The van der Waals surface area contributed by atoms with Crippen molar-refractivity contribution in [3.63, 3.8) is 0 Å². The number of cyclic esters (lactones) is 1. The van der Waals surface area contributed by atoms with Crippen molar-refractivity contribution < 1.29 is 9.53 Å². The first kappa shape index (κ1) is 12.6. The van der Waals surface area contributed by atoms with E-state index in [-0.39, 0.29) is 12.0 Å². The second-order valence-electron chi connectivity index (χ2n) is 6.48. The van der Waals surface area contributed by atoms with Gasteiger partial charge in [0.05, 0.1) is 17.9 Å². The van der Waals surface area contributed by atoms with Gasteiger partial charge in [-0.25, -0.2) is 9.78 Å². The Kier molecular flexibility index (Phi) is 2.52. The number of ether oxygens (including phenoxy) is 1. The molecule has 21 heavy (non-hydrogen) atoms. The van der Waals surface area contributed by atoms with Gasteiger partial charge in [0.2, 0.25) is 0 Å². The molecule has 2 heterocycles. The number of esters is 1. The summed E-state index contributed by atoms with van der Waals surface area (Å²) in [6.45, 7) is 3.95. The molecule has 4 heteroatoms. The molecule has 108 valence electrons. The number of carbonyl (C=O) groups excluding carboxylic acids is 1. The minimum Gasteiger partial charge on any atom is -0.453 e. The maximum absolute atomic E-state index is 12.2. The van der Waals surface area contributed by atoms with Crippen LogP contribution in [0.2, 0.25) is 0 Å². The molecular weight excluding hydrogens is 264 g/mol. The maximum atomic E-state index is 12.2. The van der Waals surface area contributed by atoms with E-state index in [1.165, 1.54) is 18.5 Å². The van der Waals surface area contributed by atoms with Crippen molar-refractivity contribution in [1.82, 2.24) is 9.55 Å². The molecule has 4 nitrogen and oxygen atoms in total. The quantitative estimate of drug-likeness (QED) is 0.794. The minimum absolute atomic E-state index is 0.0236. The van der Waals surface area contributed by atoms with Gasteiger partial charge in [0.15, 0.2) is 0 Å². The first-order valence-electron chi connectivity index (χ1n) is 7.42. The zero-order chi connectivity index (χ0) is 14.6. The van der Waals surface area contributed by atoms with E-state index < -0.39 is 5.60 Å². The number of rotatable bonds is 2. The lowest BCUT2D eigenvalue weighted by atomic mass is 9.85. The zero-order valence-corrected chi connectivity index (χ0v) is 12.2. The van der Waals surface area contributed by atoms with Crippen molar-refractivity contribution in [2.24, 2.45) is 0 Å². The number of imidazole rings is 1. The molecule has 0 spiro atoms. The van der Waals surface area contributed by atoms with Gasteiger partial charge in [-0.1, -0.05) is 18.2 Å². The fourth-order valence-corrected chi connectivity index (χ4v) is 3.36. The topological polar surface area (TPSA) is 44.1 Å². The van der Waals surface area contributed by atoms with Gasteiger partial charge in [0.1, 0.15) is 5.60 Å². The first-order chi connectivity index (χ1) is 10.1. The van der Waals surface area contributed by atoms with Crippen LogP contribution in [0.1, 0.15) is 60.3 Å². The van der Waals surface area contributed by atoms with Gasteiger partial charge in [-0.3, -0.25) is 0 Å². The summed E-state index contributed by atoms with van der Waals surface area (Å²) in [5, 5.41) is 0. The van der Waals surface area contributed by atoms with Crippen molar-refractivity contribution in [1.29, 1.82) is 0 Å². The summed E-state index contributed by atoms with van der Waals surface area (Å²) in [4.78, 5) is 16.5. The molecule has 2 aliphatic rings. The van der Waals surface area contributed by atoms with Crippen LogP contribution >= 0.6 is 0 Å². The van der Waals surface area contributed by atoms with Gasteiger partial charge >= 0.3 is 5.97 Å². The number of hydrogen-bond acceptors (Lipinski definition) is 3. The zero-order valence-electron chi connectivity index (χ0n) is 12.2. The number of fused-ring (bicyclic) bond motifs is 1. The van der Waals surface area contributed by atoms with Crippen molar-refractivity contribution in [2.75, 3.05) is 0 Å². The summed E-state index contributed by atoms with van der Waals surface area (Å²) in [5.74, 6) is 0.369. The molecular formula is C17H18N2O2. The number of hydrogen-bond donors (Lipinski definition) is 0. The molecule has 0 radical (unpaired) electrons. The van der Waals surface area contributed by atoms with E-state index in [2.05, 4.69) is 9.55 Å². The number of nitrogens with zero attached hydrogens (tertiary/aromatic N) is 2. The summed E-state index contributed by atoms with van der Waals surface area (Å²) in [6, 6.07) is 7.70. The Morgan fingerprint density at radius 1 is 1.29 bits per heavy atom. The van der Waals surface area contributed by atoms with Crippen LogP contribution in [0.3, 0.4) is 0 Å². The standard InChI is InChI=1S/C17H18N2O2/c1-17(2)15(19-10-18-9-14(19)11-7-8-11)12-5-3-4-6-13(12)16(20)21-17/h3-6,9-11,15H,7-8H2,1-2H3. The molecule has 0 amide bonds. The van der Waals surface area contributed by atoms with Crippen LogP contribution in [0, 0.1) is 0 Å². The largest absolute Gasteiger partial charge is 0.453 e. The molecule has 1 unspecified atom stereocenters. The molecule has 2 aromatic rings. The van der Waals surface area contributed by atoms with Crippen molar-refractivity contribution in [3.05, 3.63) is 53.6 Å². The first-order valence-corrected chi connectivity index (χ1v) is 7.42. The van der Waals surface area contributed by atoms with Gasteiger partial charge < -0.3 is 9.30 Å². The van der Waals surface area contributed by atoms with E-state index in [0.717, 1.165) is 5.56 Å². The van der Waals surface area contributed by atoms with Crippen LogP contribution < -0.4 is 0 Å². The number of benzene rings is 1. The van der Waals surface area contributed by atoms with E-state index in [0.29, 0.717) is 11.5 Å². The van der Waals surface area contributed by atoms with Crippen LogP contribution in [-0.4, -0.2) is 21.1 Å². The Morgan fingerprint density at radius 2 is 2.05 bits per heavy atom. The number of carbonyl (C=O) groups is 1. The van der Waals surface area contributed by atoms with Crippen molar-refractivity contribution in [3.8, 4) is 0 Å². The van der Waals surface area contributed by atoms with Crippen LogP contribution in [0.25, 0.3) is 0 Å². The highest BCUT2D eigenvalue weighted by Gasteiger charge is 2.44. The molecule has 1 saturated carbocycles. The highest BCUT2D eigenvalue weighted by molar-refractivity contribution is 5.93. The Morgan fingerprint density at radius 3 is 2.81 bits per heavy atom. The second-order valence-corrected chi connectivity index (χ2v) is 6.48. The van der Waals surface area contributed by atoms with Crippen LogP contribution in [-0.2, 0) is 4.74 Å². The van der Waals surface area contributed by atoms with E-state index in [9.17, 15) is 4.79 Å². The summed E-state index contributed by atoms with van der Waals surface area (Å²) in [7, 11) is 0. The van der Waals surface area contributed by atoms with Gasteiger partial charge in [-0.2, -0.15) is 0 Å². The normalized spacial score (nSPS) is 23.5. The average molecular weight is 282 g/mol. The van der Waals surface area contributed by atoms with E-state index in [4.69, 9.17) is 4.74 Å². The van der Waals surface area contributed by atoms with Crippen LogP contribution in [0.15, 0.2) is 36.8 Å². The second kappa shape index (κ2) is 4.20. The van der Waals surface area contributed by atoms with Crippen LogP contribution in [0.5, 0.6) is 0 Å². The smallest absolute Gasteiger partial charge is 0.339 e. The number of aromatic nitrogens is 2. The average Bonchev–Trinajstić information content (AvgIpc) is 3.18. The fourth-order valence-electron chi connectivity index (χ4n) is 3.36. The minimum atomic E-state index is -0.588. The molecule has 1 aliphatic carbocycles. The van der Waals surface area contributed by atoms with Gasteiger partial charge in [0, 0.05) is 17.8 Å². The van der Waals surface area contributed by atoms with E-state index >= 15 is 0 Å². The third-order valence-electron chi connectivity index (χ3n) is 4.46. The molecule has 1 aromatic heterocycles. The predicted molar refractivity (Wildman–Crippen MR) is 78.3 cm³/mol. The Balaban J connectivity index is 1.91. The van der Waals surface area contributed by atoms with E-state index in [1.54, 1.807) is 0 Å². The summed E-state index contributed by atoms with van der Waals surface area (Å²) in [6.07, 6.45) is 6.27. The van der Waals surface area contributed by atoms with Crippen LogP contribution in [0.4, 0.5) is 0 Å². The van der Waals surface area contributed by atoms with Gasteiger partial charge in [-0.15, -0.1) is 0 Å². The Hall–Kier alpha value is -2.10. The maximum Gasteiger partial charge on any atom is 0.339 e. The lowest BCUT2D eigenvalue weighted by Crippen LogP contribution is -2.43. The van der Waals surface area contributed by atoms with E-state index in [1.807, 2.05) is 50.6 Å². The summed E-state index contributed by atoms with van der Waals surface area (Å²) in [5.41, 5.74) is 2.35. The molecule has 1 fully saturated rings. The molecule has 0 saturated heterocycles. The third-order valence-corrected chi connectivity index (χ3v) is 4.46. The highest BCUT2D eigenvalue weighted by atomic mass is 16.6. The fraction of sp³-hybridized carbons (Fsp3) is 0.412. The molecule has 1 atom stereocenters. The molecule has 0 bridgehead atoms. The van der Waals surface area contributed by atoms with Crippen molar-refractivity contribution >= 4 is 5.97 Å². The molecule has 0 N–H and O–H groups in total. The summed E-state index contributed by atoms with van der Waals surface area (Å²) < 4.78 is 7.90. The SMILES string of the molecule is CC1(C)OC(=O)c2ccccc2C1n1cncc1C1CC1. The third kappa shape index (κ3) is 1.89. The Labute approximate surface area is 123 Å². The monoisotopic (exact) mass is 282 g/mol. The predicted octanol–water partition coefficient (Wildman–Crippen LogP) is 3.30. The molecule has 4 rings (SSSR count). The summed E-state index contributed by atoms with van der Waals surface area (Å²) >= 11 is 0. The van der Waals surface area contributed by atoms with Crippen molar-refractivity contribution in [2.45, 2.75) is 44.2 Å².